The maximum atomic E-state index is 6.13. The summed E-state index contributed by atoms with van der Waals surface area (Å²) < 4.78 is 0. The average Bonchev–Trinajstić information content (AvgIpc) is 2.18. The minimum absolute atomic E-state index is 0.102. The molecule has 0 fully saturated rings. The van der Waals surface area contributed by atoms with Crippen molar-refractivity contribution in [1.29, 1.82) is 0 Å². The fourth-order valence-electron chi connectivity index (χ4n) is 1.54. The zero-order chi connectivity index (χ0) is 11.8. The SMILES string of the molecule is CC1(C)C=CN(c2ccccc2Cl)C(=S)N1. The molecule has 1 N–H and O–H groups in total. The number of nitrogens with one attached hydrogen (secondary N) is 1. The lowest BCUT2D eigenvalue weighted by atomic mass is 10.0. The molecule has 0 spiro atoms. The van der Waals surface area contributed by atoms with Gasteiger partial charge in [0.15, 0.2) is 5.11 Å². The van der Waals surface area contributed by atoms with E-state index in [1.165, 1.54) is 0 Å². The molecule has 0 aromatic heterocycles. The fraction of sp³-hybridized carbons (Fsp3) is 0.250. The predicted octanol–water partition coefficient (Wildman–Crippen LogP) is 3.33. The molecular weight excluding hydrogens is 240 g/mol. The first-order valence-corrected chi connectivity index (χ1v) is 5.83. The number of anilines is 1. The second-order valence-electron chi connectivity index (χ2n) is 4.29. The Morgan fingerprint density at radius 1 is 1.31 bits per heavy atom. The molecule has 0 aliphatic carbocycles. The molecule has 1 aliphatic rings. The molecule has 0 radical (unpaired) electrons. The molecule has 1 aromatic rings. The van der Waals surface area contributed by atoms with Crippen molar-refractivity contribution < 1.29 is 0 Å². The van der Waals surface area contributed by atoms with Gasteiger partial charge in [-0.15, -0.1) is 0 Å². The number of rotatable bonds is 1. The summed E-state index contributed by atoms with van der Waals surface area (Å²) in [5.74, 6) is 0. The van der Waals surface area contributed by atoms with Crippen LogP contribution in [0.1, 0.15) is 13.8 Å². The van der Waals surface area contributed by atoms with Gasteiger partial charge >= 0.3 is 0 Å². The smallest absolute Gasteiger partial charge is 0.178 e. The Morgan fingerprint density at radius 3 is 2.62 bits per heavy atom. The molecule has 1 heterocycles. The van der Waals surface area contributed by atoms with Crippen LogP contribution in [-0.2, 0) is 0 Å². The Hall–Kier alpha value is -1.06. The van der Waals surface area contributed by atoms with Crippen molar-refractivity contribution in [2.75, 3.05) is 4.90 Å². The Kier molecular flexibility index (Phi) is 2.91. The molecule has 16 heavy (non-hydrogen) atoms. The predicted molar refractivity (Wildman–Crippen MR) is 72.9 cm³/mol. The Morgan fingerprint density at radius 2 is 2.00 bits per heavy atom. The fourth-order valence-corrected chi connectivity index (χ4v) is 2.19. The van der Waals surface area contributed by atoms with Gasteiger partial charge in [-0.05, 0) is 44.3 Å². The quantitative estimate of drug-likeness (QED) is 0.772. The van der Waals surface area contributed by atoms with Crippen LogP contribution in [0.5, 0.6) is 0 Å². The summed E-state index contributed by atoms with van der Waals surface area (Å²) in [7, 11) is 0. The van der Waals surface area contributed by atoms with Gasteiger partial charge in [0, 0.05) is 6.20 Å². The molecule has 0 bridgehead atoms. The third-order valence-corrected chi connectivity index (χ3v) is 3.02. The molecule has 4 heteroatoms. The molecule has 0 unspecified atom stereocenters. The van der Waals surface area contributed by atoms with Crippen LogP contribution in [0.25, 0.3) is 0 Å². The van der Waals surface area contributed by atoms with Crippen molar-refractivity contribution in [2.24, 2.45) is 0 Å². The Bertz CT molecular complexity index is 454. The summed E-state index contributed by atoms with van der Waals surface area (Å²) in [6.45, 7) is 4.14. The van der Waals surface area contributed by atoms with Gasteiger partial charge in [0.2, 0.25) is 0 Å². The molecule has 2 nitrogen and oxygen atoms in total. The maximum absolute atomic E-state index is 6.13. The summed E-state index contributed by atoms with van der Waals surface area (Å²) >= 11 is 11.5. The van der Waals surface area contributed by atoms with E-state index < -0.39 is 0 Å². The molecule has 1 aromatic carbocycles. The standard InChI is InChI=1S/C12H13ClN2S/c1-12(2)7-8-15(11(16)14-12)10-6-4-3-5-9(10)13/h3-8H,1-2H3,(H,14,16). The van der Waals surface area contributed by atoms with Crippen molar-refractivity contribution in [3.05, 3.63) is 41.6 Å². The van der Waals surface area contributed by atoms with E-state index in [0.717, 1.165) is 5.69 Å². The second kappa shape index (κ2) is 4.07. The lowest BCUT2D eigenvalue weighted by Gasteiger charge is -2.35. The molecule has 0 saturated heterocycles. The van der Waals surface area contributed by atoms with E-state index in [9.17, 15) is 0 Å². The monoisotopic (exact) mass is 252 g/mol. The molecule has 0 amide bonds. The maximum Gasteiger partial charge on any atom is 0.178 e. The number of hydrogen-bond donors (Lipinski definition) is 1. The molecular formula is C12H13ClN2S. The average molecular weight is 253 g/mol. The van der Waals surface area contributed by atoms with Crippen LogP contribution in [0, 0.1) is 0 Å². The molecule has 84 valence electrons. The van der Waals surface area contributed by atoms with Crippen molar-refractivity contribution in [3.8, 4) is 0 Å². The Labute approximate surface area is 106 Å². The van der Waals surface area contributed by atoms with Gasteiger partial charge < -0.3 is 5.32 Å². The number of hydrogen-bond acceptors (Lipinski definition) is 1. The summed E-state index contributed by atoms with van der Waals surface area (Å²) in [6.07, 6.45) is 4.02. The van der Waals surface area contributed by atoms with Gasteiger partial charge in [0.05, 0.1) is 16.2 Å². The van der Waals surface area contributed by atoms with Crippen LogP contribution in [0.4, 0.5) is 5.69 Å². The van der Waals surface area contributed by atoms with Crippen molar-refractivity contribution >= 4 is 34.6 Å². The van der Waals surface area contributed by atoms with Gasteiger partial charge in [-0.2, -0.15) is 0 Å². The Balaban J connectivity index is 2.37. The number of para-hydroxylation sites is 1. The molecule has 0 atom stereocenters. The highest BCUT2D eigenvalue weighted by Crippen LogP contribution is 2.27. The summed E-state index contributed by atoms with van der Waals surface area (Å²) in [5, 5.41) is 4.60. The normalized spacial score (nSPS) is 18.4. The summed E-state index contributed by atoms with van der Waals surface area (Å²) in [5.41, 5.74) is 0.794. The zero-order valence-corrected chi connectivity index (χ0v) is 10.8. The van der Waals surface area contributed by atoms with Crippen LogP contribution in [0.2, 0.25) is 5.02 Å². The number of nitrogens with zero attached hydrogens (tertiary/aromatic N) is 1. The van der Waals surface area contributed by atoms with E-state index in [-0.39, 0.29) is 5.54 Å². The molecule has 1 aliphatic heterocycles. The van der Waals surface area contributed by atoms with Crippen LogP contribution in [0.15, 0.2) is 36.5 Å². The summed E-state index contributed by atoms with van der Waals surface area (Å²) in [4.78, 5) is 1.88. The lowest BCUT2D eigenvalue weighted by Crippen LogP contribution is -2.51. The van der Waals surface area contributed by atoms with Gasteiger partial charge in [0.25, 0.3) is 0 Å². The van der Waals surface area contributed by atoms with E-state index in [1.807, 2.05) is 35.4 Å². The van der Waals surface area contributed by atoms with Gasteiger partial charge in [-0.25, -0.2) is 0 Å². The second-order valence-corrected chi connectivity index (χ2v) is 5.08. The molecule has 2 rings (SSSR count). The van der Waals surface area contributed by atoms with Crippen molar-refractivity contribution in [1.82, 2.24) is 5.32 Å². The van der Waals surface area contributed by atoms with Crippen LogP contribution >= 0.6 is 23.8 Å². The highest BCUT2D eigenvalue weighted by molar-refractivity contribution is 7.80. The first kappa shape index (κ1) is 11.4. The van der Waals surface area contributed by atoms with E-state index in [2.05, 4.69) is 25.2 Å². The lowest BCUT2D eigenvalue weighted by molar-refractivity contribution is 0.566. The number of thiocarbonyl (C=S) groups is 1. The highest BCUT2D eigenvalue weighted by atomic mass is 35.5. The number of benzene rings is 1. The summed E-state index contributed by atoms with van der Waals surface area (Å²) in [6, 6.07) is 7.64. The largest absolute Gasteiger partial charge is 0.354 e. The van der Waals surface area contributed by atoms with Crippen molar-refractivity contribution in [3.63, 3.8) is 0 Å². The third kappa shape index (κ3) is 2.20. The zero-order valence-electron chi connectivity index (χ0n) is 9.20. The van der Waals surface area contributed by atoms with Crippen LogP contribution < -0.4 is 10.2 Å². The molecule has 0 saturated carbocycles. The van der Waals surface area contributed by atoms with Gasteiger partial charge in [-0.3, -0.25) is 4.90 Å². The van der Waals surface area contributed by atoms with Crippen LogP contribution in [-0.4, -0.2) is 10.7 Å². The van der Waals surface area contributed by atoms with E-state index in [1.54, 1.807) is 0 Å². The highest BCUT2D eigenvalue weighted by Gasteiger charge is 2.24. The first-order valence-electron chi connectivity index (χ1n) is 5.05. The topological polar surface area (TPSA) is 15.3 Å². The first-order chi connectivity index (χ1) is 7.49. The van der Waals surface area contributed by atoms with Crippen molar-refractivity contribution in [2.45, 2.75) is 19.4 Å². The van der Waals surface area contributed by atoms with E-state index in [0.29, 0.717) is 10.1 Å². The van der Waals surface area contributed by atoms with Crippen LogP contribution in [0.3, 0.4) is 0 Å². The minimum Gasteiger partial charge on any atom is -0.354 e. The van der Waals surface area contributed by atoms with Gasteiger partial charge in [0.1, 0.15) is 0 Å². The van der Waals surface area contributed by atoms with E-state index >= 15 is 0 Å². The number of halogens is 1. The minimum atomic E-state index is -0.102. The third-order valence-electron chi connectivity index (χ3n) is 2.40. The van der Waals surface area contributed by atoms with Gasteiger partial charge in [-0.1, -0.05) is 23.7 Å². The van der Waals surface area contributed by atoms with E-state index in [4.69, 9.17) is 23.8 Å².